The molecule has 34 heavy (non-hydrogen) atoms. The molecule has 0 fully saturated rings. The normalized spacial score (nSPS) is 11.0. The Morgan fingerprint density at radius 2 is 1.56 bits per heavy atom. The predicted molar refractivity (Wildman–Crippen MR) is 136 cm³/mol. The minimum atomic E-state index is -0.420. The molecule has 7 heteroatoms. The molecular weight excluding hydrogens is 432 g/mol. The van der Waals surface area contributed by atoms with Gasteiger partial charge in [0.05, 0.1) is 13.2 Å². The average molecular weight is 479 g/mol. The van der Waals surface area contributed by atoms with Crippen LogP contribution in [0.1, 0.15) is 111 Å². The first-order chi connectivity index (χ1) is 16.3. The maximum absolute atomic E-state index is 13.4. The largest absolute Gasteiger partial charge is 0.461 e. The van der Waals surface area contributed by atoms with Crippen molar-refractivity contribution in [3.63, 3.8) is 0 Å². The lowest BCUT2D eigenvalue weighted by molar-refractivity contribution is -0.131. The van der Waals surface area contributed by atoms with E-state index in [9.17, 15) is 14.4 Å². The third-order valence-corrected chi connectivity index (χ3v) is 6.18. The summed E-state index contributed by atoms with van der Waals surface area (Å²) in [7, 11) is 0. The number of nitrogens with zero attached hydrogens (tertiary/aromatic N) is 2. The number of rotatable bonds is 18. The van der Waals surface area contributed by atoms with Gasteiger partial charge < -0.3 is 18.9 Å². The van der Waals surface area contributed by atoms with Gasteiger partial charge in [-0.3, -0.25) is 9.59 Å². The van der Waals surface area contributed by atoms with Gasteiger partial charge in [-0.2, -0.15) is 0 Å². The lowest BCUT2D eigenvalue weighted by atomic mass is 10.0. The summed E-state index contributed by atoms with van der Waals surface area (Å²) in [6.07, 6.45) is 7.80. The maximum atomic E-state index is 13.4. The Morgan fingerprint density at radius 3 is 2.18 bits per heavy atom. The van der Waals surface area contributed by atoms with Crippen molar-refractivity contribution in [3.05, 3.63) is 22.5 Å². The van der Waals surface area contributed by atoms with Crippen molar-refractivity contribution < 1.29 is 23.9 Å². The zero-order chi connectivity index (χ0) is 25.5. The maximum Gasteiger partial charge on any atom is 0.355 e. The van der Waals surface area contributed by atoms with Gasteiger partial charge in [-0.1, -0.05) is 39.0 Å². The van der Waals surface area contributed by atoms with Gasteiger partial charge in [0.2, 0.25) is 5.91 Å². The Morgan fingerprint density at radius 1 is 0.882 bits per heavy atom. The van der Waals surface area contributed by atoms with Crippen molar-refractivity contribution in [1.82, 2.24) is 9.47 Å². The van der Waals surface area contributed by atoms with E-state index in [4.69, 9.17) is 9.47 Å². The van der Waals surface area contributed by atoms with Gasteiger partial charge in [-0.25, -0.2) is 4.79 Å². The summed E-state index contributed by atoms with van der Waals surface area (Å²) in [5, 5.41) is 0. The van der Waals surface area contributed by atoms with Gasteiger partial charge >= 0.3 is 5.97 Å². The fraction of sp³-hybridized carbons (Fsp3) is 0.741. The van der Waals surface area contributed by atoms with E-state index in [-0.39, 0.29) is 24.8 Å². The molecule has 0 saturated carbocycles. The number of amides is 1. The van der Waals surface area contributed by atoms with Crippen LogP contribution in [0.15, 0.2) is 0 Å². The van der Waals surface area contributed by atoms with Crippen molar-refractivity contribution in [2.45, 2.75) is 99.5 Å². The molecule has 0 bridgehead atoms. The van der Waals surface area contributed by atoms with Gasteiger partial charge in [0.25, 0.3) is 0 Å². The first-order valence-electron chi connectivity index (χ1n) is 13.1. The molecule has 0 aliphatic rings. The summed E-state index contributed by atoms with van der Waals surface area (Å²) in [6.45, 7) is 14.0. The van der Waals surface area contributed by atoms with E-state index < -0.39 is 5.97 Å². The van der Waals surface area contributed by atoms with Crippen molar-refractivity contribution in [2.75, 3.05) is 32.9 Å². The molecule has 0 aliphatic heterocycles. The van der Waals surface area contributed by atoms with Gasteiger partial charge in [0, 0.05) is 44.0 Å². The second-order valence-electron chi connectivity index (χ2n) is 8.71. The van der Waals surface area contributed by atoms with Crippen LogP contribution in [-0.2, 0) is 20.8 Å². The predicted octanol–water partition coefficient (Wildman–Crippen LogP) is 5.49. The van der Waals surface area contributed by atoms with Crippen LogP contribution in [0.3, 0.4) is 0 Å². The topological polar surface area (TPSA) is 77.8 Å². The summed E-state index contributed by atoms with van der Waals surface area (Å²) in [4.78, 5) is 40.6. The molecule has 0 atom stereocenters. The molecule has 1 rings (SSSR count). The molecule has 0 saturated heterocycles. The van der Waals surface area contributed by atoms with E-state index in [2.05, 4.69) is 6.92 Å². The minimum absolute atomic E-state index is 0.0104. The first-order valence-corrected chi connectivity index (χ1v) is 13.1. The number of hydrogen-bond acceptors (Lipinski definition) is 5. The van der Waals surface area contributed by atoms with Crippen LogP contribution < -0.4 is 0 Å². The molecule has 1 aromatic heterocycles. The monoisotopic (exact) mass is 478 g/mol. The highest BCUT2D eigenvalue weighted by molar-refractivity contribution is 6.04. The fourth-order valence-electron chi connectivity index (χ4n) is 4.42. The molecule has 0 spiro atoms. The summed E-state index contributed by atoms with van der Waals surface area (Å²) in [6, 6.07) is 0. The first kappa shape index (κ1) is 29.9. The molecular formula is C27H46N2O5. The fourth-order valence-corrected chi connectivity index (χ4v) is 4.42. The Kier molecular flexibility index (Phi) is 14.5. The van der Waals surface area contributed by atoms with Crippen molar-refractivity contribution in [3.8, 4) is 0 Å². The number of ether oxygens (including phenoxy) is 2. The molecule has 1 heterocycles. The van der Waals surface area contributed by atoms with E-state index in [1.54, 1.807) is 18.7 Å². The van der Waals surface area contributed by atoms with Crippen LogP contribution in [0, 0.1) is 13.8 Å². The van der Waals surface area contributed by atoms with Crippen molar-refractivity contribution in [1.29, 1.82) is 0 Å². The SMILES string of the molecule is CCCCCCCCC(=O)N(CCCOCC)CC(=O)c1c(C)c(C(=O)OCC)n(CC)c1C. The van der Waals surface area contributed by atoms with Crippen LogP contribution >= 0.6 is 0 Å². The number of carbonyl (C=O) groups is 3. The van der Waals surface area contributed by atoms with Gasteiger partial charge in [0.1, 0.15) is 5.69 Å². The number of unbranched alkanes of at least 4 members (excludes halogenated alkanes) is 5. The molecule has 0 aromatic carbocycles. The minimum Gasteiger partial charge on any atom is -0.461 e. The second kappa shape index (κ2) is 16.5. The highest BCUT2D eigenvalue weighted by Gasteiger charge is 2.28. The zero-order valence-electron chi connectivity index (χ0n) is 22.3. The molecule has 1 aromatic rings. The van der Waals surface area contributed by atoms with Crippen LogP contribution in [-0.4, -0.2) is 60.0 Å². The van der Waals surface area contributed by atoms with Crippen LogP contribution in [0.2, 0.25) is 0 Å². The molecule has 0 N–H and O–H groups in total. The number of ketones is 1. The van der Waals surface area contributed by atoms with Crippen molar-refractivity contribution >= 4 is 17.7 Å². The highest BCUT2D eigenvalue weighted by Crippen LogP contribution is 2.24. The van der Waals surface area contributed by atoms with Crippen LogP contribution in [0.4, 0.5) is 0 Å². The lowest BCUT2D eigenvalue weighted by Crippen LogP contribution is -2.37. The third kappa shape index (κ3) is 8.90. The number of hydrogen-bond donors (Lipinski definition) is 0. The molecule has 0 radical (unpaired) electrons. The summed E-state index contributed by atoms with van der Waals surface area (Å²) in [5.74, 6) is -0.548. The summed E-state index contributed by atoms with van der Waals surface area (Å²) in [5.41, 5.74) is 2.31. The smallest absolute Gasteiger partial charge is 0.355 e. The summed E-state index contributed by atoms with van der Waals surface area (Å²) >= 11 is 0. The van der Waals surface area contributed by atoms with Gasteiger partial charge in [0.15, 0.2) is 5.78 Å². The quantitative estimate of drug-likeness (QED) is 0.158. The van der Waals surface area contributed by atoms with E-state index in [1.165, 1.54) is 19.3 Å². The molecule has 7 nitrogen and oxygen atoms in total. The van der Waals surface area contributed by atoms with Crippen LogP contribution in [0.5, 0.6) is 0 Å². The van der Waals surface area contributed by atoms with Gasteiger partial charge in [-0.15, -0.1) is 0 Å². The number of aromatic nitrogens is 1. The average Bonchev–Trinajstić information content (AvgIpc) is 3.07. The zero-order valence-corrected chi connectivity index (χ0v) is 22.3. The van der Waals surface area contributed by atoms with Crippen molar-refractivity contribution in [2.24, 2.45) is 0 Å². The molecule has 0 aliphatic carbocycles. The molecule has 1 amide bonds. The number of carbonyl (C=O) groups excluding carboxylic acids is 3. The standard InChI is InChI=1S/C27H46N2O5/c1-7-11-12-13-14-15-17-24(31)28(18-16-19-33-9-3)20-23(30)25-21(5)26(27(32)34-10-4)29(8-2)22(25)6/h7-20H2,1-6H3. The van der Waals surface area contributed by atoms with E-state index in [1.807, 2.05) is 25.3 Å². The Balaban J connectivity index is 2.98. The van der Waals surface area contributed by atoms with Crippen LogP contribution in [0.25, 0.3) is 0 Å². The van der Waals surface area contributed by atoms with E-state index in [0.717, 1.165) is 25.0 Å². The Bertz CT molecular complexity index is 784. The summed E-state index contributed by atoms with van der Waals surface area (Å²) < 4.78 is 12.5. The van der Waals surface area contributed by atoms with E-state index in [0.29, 0.717) is 56.0 Å². The Labute approximate surface area is 206 Å². The Hall–Kier alpha value is -2.15. The third-order valence-electron chi connectivity index (χ3n) is 6.18. The van der Waals surface area contributed by atoms with Gasteiger partial charge in [-0.05, 0) is 53.0 Å². The molecule has 194 valence electrons. The molecule has 0 unspecified atom stereocenters. The second-order valence-corrected chi connectivity index (χ2v) is 8.71. The lowest BCUT2D eigenvalue weighted by Gasteiger charge is -2.22. The number of Topliss-reactive ketones (excluding diaryl/α,β-unsaturated/α-hetero) is 1. The highest BCUT2D eigenvalue weighted by atomic mass is 16.5. The van der Waals surface area contributed by atoms with E-state index >= 15 is 0 Å². The number of esters is 1.